The maximum atomic E-state index is 15.8. The average Bonchev–Trinajstić information content (AvgIpc) is 0.811. The number of carbonyl (C=O) groups excluding carboxylic acids is 13. The first-order valence-corrected chi connectivity index (χ1v) is 37.1. The van der Waals surface area contributed by atoms with E-state index in [1.807, 2.05) is 0 Å². The monoisotopic (exact) mass is 1540 g/mol. The molecule has 2 aromatic carbocycles. The van der Waals surface area contributed by atoms with Gasteiger partial charge in [-0.1, -0.05) is 136 Å². The molecule has 608 valence electrons. The maximum absolute atomic E-state index is 15.8. The fourth-order valence-corrected chi connectivity index (χ4v) is 11.7. The van der Waals surface area contributed by atoms with Gasteiger partial charge in [-0.2, -0.15) is 0 Å². The van der Waals surface area contributed by atoms with Gasteiger partial charge in [-0.3, -0.25) is 63.0 Å². The summed E-state index contributed by atoms with van der Waals surface area (Å²) in [5.74, 6) is -17.6. The summed E-state index contributed by atoms with van der Waals surface area (Å²) in [6.45, 7) is 17.7. The summed E-state index contributed by atoms with van der Waals surface area (Å²) < 4.78 is 16.9. The molecule has 36 heteroatoms. The predicted octanol–water partition coefficient (Wildman–Crippen LogP) is -2.90. The van der Waals surface area contributed by atoms with Gasteiger partial charge in [0.25, 0.3) is 5.91 Å². The minimum Gasteiger partial charge on any atom is -0.453 e. The number of guanidine groups is 1. The summed E-state index contributed by atoms with van der Waals surface area (Å²) >= 11 is 0. The third-order valence-corrected chi connectivity index (χ3v) is 18.0. The van der Waals surface area contributed by atoms with Gasteiger partial charge in [0, 0.05) is 26.2 Å². The van der Waals surface area contributed by atoms with E-state index in [-0.39, 0.29) is 69.7 Å². The Bertz CT molecular complexity index is 3330. The van der Waals surface area contributed by atoms with E-state index in [0.717, 1.165) is 6.92 Å². The van der Waals surface area contributed by atoms with Crippen LogP contribution in [0.3, 0.4) is 0 Å². The molecule has 36 nitrogen and oxygen atoms in total. The second-order valence-corrected chi connectivity index (χ2v) is 28.9. The van der Waals surface area contributed by atoms with Crippen molar-refractivity contribution in [1.29, 1.82) is 5.41 Å². The fourth-order valence-electron chi connectivity index (χ4n) is 11.7. The van der Waals surface area contributed by atoms with Crippen molar-refractivity contribution >= 4 is 83.0 Å². The van der Waals surface area contributed by atoms with Gasteiger partial charge >= 0.3 is 12.1 Å². The summed E-state index contributed by atoms with van der Waals surface area (Å²) in [4.78, 5) is 192. The lowest BCUT2D eigenvalue weighted by Crippen LogP contribution is -2.64. The first kappa shape index (κ1) is 91.8. The number of nitrogens with one attached hydrogen (secondary N) is 14. The second kappa shape index (κ2) is 46.7. The third-order valence-electron chi connectivity index (χ3n) is 18.0. The van der Waals surface area contributed by atoms with Gasteiger partial charge in [-0.15, -0.1) is 0 Å². The summed E-state index contributed by atoms with van der Waals surface area (Å²) in [7, 11) is 0. The van der Waals surface area contributed by atoms with Gasteiger partial charge in [0.05, 0.1) is 38.6 Å². The van der Waals surface area contributed by atoms with Gasteiger partial charge < -0.3 is 109 Å². The minimum absolute atomic E-state index is 0.00110. The van der Waals surface area contributed by atoms with Crippen LogP contribution >= 0.6 is 0 Å². The standard InChI is InChI=1S/C73H116N16O20/c1-12-43(10)53-66(100)86-54(44(11)91)65(99)78-36-52(92)84-56(59(94)70(104)76-27-20-28-89-29-31-107-32-30-89)68(102)82-51(37-90)71(105)109-60(46-23-17-14-18-24-46)57(88-64(98)49(34-40(4)5)80-63(97)50(35-41(6)7)83-73(106)108-38-45-21-15-13-16-22-45)69(103)87-55(58(93)42(8)9)67(101)81-48(33-39(2)3)62(96)79-47(61(95)85-53)25-19-26-77-72(74)75/h13-18,21-24,39-44,47-51,53-60,90-91,93-94H,12,19-20,25-38H2,1-11H3,(H,76,104)(H,78,99)(H,79,96)(H,80,97)(H,81,101)(H,82,102)(H,83,106)(H,84,92)(H,85,95)(H,86,100)(H,87,103)(H,88,98)(H4,74,75,77)/t43-,44-,47+,48-,49-,50+,51-,53-,54-,55-,56-,57-,58+,59-,60+/m0/s1. The maximum Gasteiger partial charge on any atom is 0.408 e. The molecule has 15 atom stereocenters. The Kier molecular flexibility index (Phi) is 39.3. The second-order valence-electron chi connectivity index (χ2n) is 28.9. The number of nitrogens with zero attached hydrogens (tertiary/aromatic N) is 1. The number of morpholine rings is 1. The van der Waals surface area contributed by atoms with Crippen LogP contribution in [0.1, 0.15) is 138 Å². The molecule has 4 rings (SSSR count). The first-order chi connectivity index (χ1) is 51.5. The molecule has 0 spiro atoms. The molecule has 0 bridgehead atoms. The van der Waals surface area contributed by atoms with Crippen molar-refractivity contribution in [2.45, 2.75) is 213 Å². The van der Waals surface area contributed by atoms with Crippen LogP contribution in [-0.2, 0) is 78.4 Å². The van der Waals surface area contributed by atoms with Crippen LogP contribution in [0.15, 0.2) is 60.7 Å². The van der Waals surface area contributed by atoms with Crippen molar-refractivity contribution in [3.8, 4) is 0 Å². The van der Waals surface area contributed by atoms with Crippen LogP contribution in [0.4, 0.5) is 4.79 Å². The smallest absolute Gasteiger partial charge is 0.408 e. The van der Waals surface area contributed by atoms with Gasteiger partial charge in [0.2, 0.25) is 59.1 Å². The van der Waals surface area contributed by atoms with Gasteiger partial charge in [0.1, 0.15) is 61.0 Å². The quantitative estimate of drug-likeness (QED) is 0.0161. The highest BCUT2D eigenvalue weighted by Crippen LogP contribution is 2.25. The Balaban J connectivity index is 1.99. The number of nitrogens with two attached hydrogens (primary N) is 1. The molecule has 0 radical (unpaired) electrons. The molecule has 0 saturated carbocycles. The highest BCUT2D eigenvalue weighted by molar-refractivity contribution is 6.00. The zero-order chi connectivity index (χ0) is 81.2. The molecule has 0 unspecified atom stereocenters. The number of hydrogen-bond donors (Lipinski definition) is 19. The van der Waals surface area contributed by atoms with Crippen molar-refractivity contribution in [3.63, 3.8) is 0 Å². The van der Waals surface area contributed by atoms with Crippen molar-refractivity contribution in [2.24, 2.45) is 35.3 Å². The topological polar surface area (TPSA) is 540 Å². The lowest BCUT2D eigenvalue weighted by Gasteiger charge is -2.34. The lowest BCUT2D eigenvalue weighted by molar-refractivity contribution is -0.159. The van der Waals surface area contributed by atoms with E-state index in [2.05, 4.69) is 74.0 Å². The van der Waals surface area contributed by atoms with E-state index in [1.165, 1.54) is 44.2 Å². The number of esters is 1. The zero-order valence-electron chi connectivity index (χ0n) is 64.1. The molecule has 12 amide bonds. The van der Waals surface area contributed by atoms with Crippen LogP contribution in [0.5, 0.6) is 0 Å². The van der Waals surface area contributed by atoms with Crippen LogP contribution < -0.4 is 74.9 Å². The number of aliphatic hydroxyl groups is 4. The number of ether oxygens (including phenoxy) is 3. The summed E-state index contributed by atoms with van der Waals surface area (Å²) in [6.07, 6.45) is -9.08. The summed E-state index contributed by atoms with van der Waals surface area (Å²) in [5, 5.41) is 85.7. The largest absolute Gasteiger partial charge is 0.453 e. The highest BCUT2D eigenvalue weighted by atomic mass is 16.6. The normalized spacial score (nSPS) is 23.3. The Morgan fingerprint density at radius 2 is 1.17 bits per heavy atom. The van der Waals surface area contributed by atoms with E-state index in [9.17, 15) is 68.4 Å². The van der Waals surface area contributed by atoms with E-state index < -0.39 is 205 Å². The zero-order valence-corrected chi connectivity index (χ0v) is 64.1. The molecule has 0 aliphatic carbocycles. The number of hydrogen-bond acceptors (Lipinski definition) is 22. The van der Waals surface area contributed by atoms with Crippen LogP contribution in [0, 0.1) is 35.0 Å². The lowest BCUT2D eigenvalue weighted by atomic mass is 9.95. The number of carbonyl (C=O) groups is 13. The number of aliphatic hydroxyl groups excluding tert-OH is 4. The molecule has 2 aliphatic rings. The molecule has 2 aromatic rings. The van der Waals surface area contributed by atoms with Crippen molar-refractivity contribution in [3.05, 3.63) is 71.8 Å². The fraction of sp³-hybridized carbons (Fsp3) is 0.644. The molecule has 20 N–H and O–H groups in total. The Labute approximate surface area is 635 Å². The van der Waals surface area contributed by atoms with Crippen LogP contribution in [-0.4, -0.2) is 246 Å². The highest BCUT2D eigenvalue weighted by Gasteiger charge is 2.44. The third kappa shape index (κ3) is 31.5. The molecular weight excluding hydrogens is 1420 g/mol. The Morgan fingerprint density at radius 3 is 1.74 bits per heavy atom. The number of rotatable bonds is 30. The molecular formula is C73H116N16O20. The molecule has 109 heavy (non-hydrogen) atoms. The molecule has 2 aliphatic heterocycles. The molecule has 0 aromatic heterocycles. The van der Waals surface area contributed by atoms with E-state index in [1.54, 1.807) is 85.7 Å². The SMILES string of the molecule is CC[C@H](C)[C@@H]1NC(=O)[C@@H](CCCNC(=N)N)NC(=O)[C@H](CC(C)C)NC(=O)[C@H]([C@H](O)C(C)C)NC(=O)[C@@H](NC(=O)[C@H](CC(C)C)NC(=O)[C@@H](CC(C)C)NC(=O)OCc2ccccc2)[C@@H](c2ccccc2)OC(=O)[C@H](CO)NC(=O)[C@H]([C@H](O)C(=O)NCCCN2CCOCC2)NC(=O)CNC(=O)[C@H]([C@H](C)O)NC1=O. The number of cyclic esters (lactones) is 1. The van der Waals surface area contributed by atoms with Crippen molar-refractivity contribution < 1.29 is 97.0 Å². The van der Waals surface area contributed by atoms with Crippen LogP contribution in [0.2, 0.25) is 0 Å². The Morgan fingerprint density at radius 1 is 0.615 bits per heavy atom. The van der Waals surface area contributed by atoms with E-state index >= 15 is 14.4 Å². The summed E-state index contributed by atoms with van der Waals surface area (Å²) in [6, 6.07) is -2.70. The van der Waals surface area contributed by atoms with E-state index in [4.69, 9.17) is 25.4 Å². The van der Waals surface area contributed by atoms with Gasteiger partial charge in [-0.05, 0) is 92.7 Å². The van der Waals surface area contributed by atoms with Crippen molar-refractivity contribution in [2.75, 3.05) is 59.1 Å². The average molecular weight is 1540 g/mol. The first-order valence-electron chi connectivity index (χ1n) is 37.1. The minimum atomic E-state index is -2.50. The number of amides is 12. The van der Waals surface area contributed by atoms with E-state index in [0.29, 0.717) is 44.8 Å². The molecule has 2 saturated heterocycles. The van der Waals surface area contributed by atoms with Gasteiger partial charge in [-0.25, -0.2) is 9.59 Å². The summed E-state index contributed by atoms with van der Waals surface area (Å²) in [5.41, 5.74) is 6.09. The Hall–Kier alpha value is -9.62. The van der Waals surface area contributed by atoms with Crippen LogP contribution in [0.25, 0.3) is 0 Å². The predicted molar refractivity (Wildman–Crippen MR) is 397 cm³/mol. The number of benzene rings is 2. The van der Waals surface area contributed by atoms with Gasteiger partial charge in [0.15, 0.2) is 24.2 Å². The van der Waals surface area contributed by atoms with Crippen molar-refractivity contribution in [1.82, 2.24) is 74.0 Å². The molecule has 2 heterocycles. The molecule has 2 fully saturated rings. The number of alkyl carbamates (subject to hydrolysis) is 1.